The molecule has 0 aliphatic heterocycles. The van der Waals surface area contributed by atoms with Crippen LogP contribution in [-0.4, -0.2) is 23.7 Å². The minimum absolute atomic E-state index is 0.524. The molecule has 0 aliphatic rings. The summed E-state index contributed by atoms with van der Waals surface area (Å²) >= 11 is 0. The van der Waals surface area contributed by atoms with Crippen LogP contribution in [0.4, 0.5) is 0 Å². The molecule has 0 spiro atoms. The highest BCUT2D eigenvalue weighted by Crippen LogP contribution is 2.20. The second-order valence-corrected chi connectivity index (χ2v) is 4.78. The van der Waals surface area contributed by atoms with Crippen molar-refractivity contribution in [3.8, 4) is 5.75 Å². The predicted octanol–water partition coefficient (Wildman–Crippen LogP) is 2.21. The minimum atomic E-state index is -0.924. The zero-order valence-corrected chi connectivity index (χ0v) is 11.4. The summed E-state index contributed by atoms with van der Waals surface area (Å²) in [7, 11) is 1.65. The molecule has 100 valence electrons. The highest BCUT2D eigenvalue weighted by Gasteiger charge is 2.25. The lowest BCUT2D eigenvalue weighted by atomic mass is 10.0. The topological polar surface area (TPSA) is 58.6 Å². The summed E-state index contributed by atoms with van der Waals surface area (Å²) in [5.74, 6) is 0.0190. The molecule has 18 heavy (non-hydrogen) atoms. The fraction of sp³-hybridized carbons (Fsp3) is 0.500. The summed E-state index contributed by atoms with van der Waals surface area (Å²) in [6.07, 6.45) is 0.888. The van der Waals surface area contributed by atoms with Crippen LogP contribution in [0.5, 0.6) is 5.75 Å². The van der Waals surface area contributed by atoms with Crippen molar-refractivity contribution in [2.75, 3.05) is 7.11 Å². The maximum Gasteiger partial charge on any atom is 0.323 e. The van der Waals surface area contributed by atoms with Gasteiger partial charge in [-0.1, -0.05) is 19.1 Å². The maximum absolute atomic E-state index is 11.0. The van der Waals surface area contributed by atoms with Crippen molar-refractivity contribution in [2.24, 2.45) is 0 Å². The first kappa shape index (κ1) is 14.5. The SMILES string of the molecule is CCc1cc(CNC(C)(C)C(=O)O)ccc1OC. The third kappa shape index (κ3) is 3.47. The molecule has 0 unspecified atom stereocenters. The predicted molar refractivity (Wildman–Crippen MR) is 70.9 cm³/mol. The molecule has 1 aromatic rings. The van der Waals surface area contributed by atoms with Crippen LogP contribution < -0.4 is 10.1 Å². The lowest BCUT2D eigenvalue weighted by molar-refractivity contribution is -0.143. The van der Waals surface area contributed by atoms with Gasteiger partial charge in [0.15, 0.2) is 0 Å². The van der Waals surface area contributed by atoms with Gasteiger partial charge in [-0.25, -0.2) is 0 Å². The molecular formula is C14H21NO3. The molecule has 4 heteroatoms. The van der Waals surface area contributed by atoms with E-state index in [1.165, 1.54) is 0 Å². The Morgan fingerprint density at radius 2 is 2.11 bits per heavy atom. The Balaban J connectivity index is 2.77. The lowest BCUT2D eigenvalue weighted by Gasteiger charge is -2.21. The average Bonchev–Trinajstić information content (AvgIpc) is 2.35. The summed E-state index contributed by atoms with van der Waals surface area (Å²) in [5.41, 5.74) is 1.26. The number of hydrogen-bond acceptors (Lipinski definition) is 3. The molecule has 0 amide bonds. The van der Waals surface area contributed by atoms with Gasteiger partial charge in [0.05, 0.1) is 7.11 Å². The van der Waals surface area contributed by atoms with Crippen LogP contribution in [-0.2, 0) is 17.8 Å². The Morgan fingerprint density at radius 3 is 2.61 bits per heavy atom. The number of carbonyl (C=O) groups is 1. The van der Waals surface area contributed by atoms with Crippen LogP contribution in [0.3, 0.4) is 0 Å². The largest absolute Gasteiger partial charge is 0.496 e. The maximum atomic E-state index is 11.0. The van der Waals surface area contributed by atoms with Gasteiger partial charge in [-0.2, -0.15) is 0 Å². The second-order valence-electron chi connectivity index (χ2n) is 4.78. The van der Waals surface area contributed by atoms with Gasteiger partial charge in [-0.15, -0.1) is 0 Å². The van der Waals surface area contributed by atoms with E-state index < -0.39 is 11.5 Å². The van der Waals surface area contributed by atoms with Crippen LogP contribution in [0.1, 0.15) is 31.9 Å². The van der Waals surface area contributed by atoms with E-state index in [2.05, 4.69) is 12.2 Å². The molecule has 4 nitrogen and oxygen atoms in total. The normalized spacial score (nSPS) is 11.3. The molecule has 2 N–H and O–H groups in total. The molecule has 0 saturated carbocycles. The number of methoxy groups -OCH3 is 1. The first-order chi connectivity index (χ1) is 8.40. The molecule has 0 aromatic heterocycles. The molecule has 1 aromatic carbocycles. The molecule has 0 radical (unpaired) electrons. The Hall–Kier alpha value is -1.55. The van der Waals surface area contributed by atoms with Crippen LogP contribution >= 0.6 is 0 Å². The molecule has 1 rings (SSSR count). The zero-order valence-electron chi connectivity index (χ0n) is 11.4. The molecule has 0 bridgehead atoms. The van der Waals surface area contributed by atoms with Crippen LogP contribution in [0, 0.1) is 0 Å². The van der Waals surface area contributed by atoms with E-state index in [0.717, 1.165) is 23.3 Å². The number of benzene rings is 1. The molecule has 0 fully saturated rings. The van der Waals surface area contributed by atoms with Crippen molar-refractivity contribution in [2.45, 2.75) is 39.3 Å². The van der Waals surface area contributed by atoms with Crippen molar-refractivity contribution >= 4 is 5.97 Å². The van der Waals surface area contributed by atoms with Gasteiger partial charge in [0.1, 0.15) is 11.3 Å². The number of ether oxygens (including phenoxy) is 1. The van der Waals surface area contributed by atoms with Crippen molar-refractivity contribution in [1.82, 2.24) is 5.32 Å². The summed E-state index contributed by atoms with van der Waals surface area (Å²) in [6.45, 7) is 5.89. The Labute approximate surface area is 108 Å². The van der Waals surface area contributed by atoms with Crippen molar-refractivity contribution < 1.29 is 14.6 Å². The van der Waals surface area contributed by atoms with Crippen molar-refractivity contribution in [3.05, 3.63) is 29.3 Å². The van der Waals surface area contributed by atoms with Gasteiger partial charge in [0.2, 0.25) is 0 Å². The number of hydrogen-bond donors (Lipinski definition) is 2. The fourth-order valence-corrected chi connectivity index (χ4v) is 1.62. The third-order valence-corrected chi connectivity index (χ3v) is 2.99. The molecule has 0 atom stereocenters. The van der Waals surface area contributed by atoms with Gasteiger partial charge >= 0.3 is 5.97 Å². The minimum Gasteiger partial charge on any atom is -0.496 e. The van der Waals surface area contributed by atoms with E-state index in [1.54, 1.807) is 21.0 Å². The van der Waals surface area contributed by atoms with Crippen LogP contribution in [0.2, 0.25) is 0 Å². The van der Waals surface area contributed by atoms with E-state index in [-0.39, 0.29) is 0 Å². The number of rotatable bonds is 6. The van der Waals surface area contributed by atoms with E-state index in [0.29, 0.717) is 6.54 Å². The molecule has 0 heterocycles. The quantitative estimate of drug-likeness (QED) is 0.814. The summed E-state index contributed by atoms with van der Waals surface area (Å²) < 4.78 is 5.26. The Bertz CT molecular complexity index is 427. The Morgan fingerprint density at radius 1 is 1.44 bits per heavy atom. The third-order valence-electron chi connectivity index (χ3n) is 2.99. The zero-order chi connectivity index (χ0) is 13.8. The number of aryl methyl sites for hydroxylation is 1. The van der Waals surface area contributed by atoms with E-state index in [9.17, 15) is 4.79 Å². The first-order valence-corrected chi connectivity index (χ1v) is 6.05. The lowest BCUT2D eigenvalue weighted by Crippen LogP contribution is -2.46. The van der Waals surface area contributed by atoms with Gasteiger partial charge in [0.25, 0.3) is 0 Å². The van der Waals surface area contributed by atoms with Gasteiger partial charge < -0.3 is 9.84 Å². The van der Waals surface area contributed by atoms with Crippen molar-refractivity contribution in [3.63, 3.8) is 0 Å². The molecule has 0 aliphatic carbocycles. The van der Waals surface area contributed by atoms with E-state index in [1.807, 2.05) is 18.2 Å². The number of aliphatic carboxylic acids is 1. The number of nitrogens with one attached hydrogen (secondary N) is 1. The van der Waals surface area contributed by atoms with Gasteiger partial charge in [-0.05, 0) is 37.5 Å². The molecule has 0 saturated heterocycles. The van der Waals surface area contributed by atoms with E-state index >= 15 is 0 Å². The highest BCUT2D eigenvalue weighted by molar-refractivity contribution is 5.77. The summed E-state index contributed by atoms with van der Waals surface area (Å²) in [4.78, 5) is 11.0. The van der Waals surface area contributed by atoms with Crippen LogP contribution in [0.15, 0.2) is 18.2 Å². The van der Waals surface area contributed by atoms with Gasteiger partial charge in [0, 0.05) is 6.54 Å². The summed E-state index contributed by atoms with van der Waals surface area (Å²) in [5, 5.41) is 12.0. The highest BCUT2D eigenvalue weighted by atomic mass is 16.5. The smallest absolute Gasteiger partial charge is 0.323 e. The number of carboxylic acid groups (broad SMARTS) is 1. The summed E-state index contributed by atoms with van der Waals surface area (Å²) in [6, 6.07) is 5.91. The Kier molecular flexibility index (Phi) is 4.73. The second kappa shape index (κ2) is 5.87. The van der Waals surface area contributed by atoms with Crippen LogP contribution in [0.25, 0.3) is 0 Å². The first-order valence-electron chi connectivity index (χ1n) is 6.05. The monoisotopic (exact) mass is 251 g/mol. The number of carboxylic acids is 1. The standard InChI is InChI=1S/C14H21NO3/c1-5-11-8-10(6-7-12(11)18-4)9-15-14(2,3)13(16)17/h6-8,15H,5,9H2,1-4H3,(H,16,17). The average molecular weight is 251 g/mol. The van der Waals surface area contributed by atoms with Gasteiger partial charge in [-0.3, -0.25) is 10.1 Å². The van der Waals surface area contributed by atoms with Crippen molar-refractivity contribution in [1.29, 1.82) is 0 Å². The fourth-order valence-electron chi connectivity index (χ4n) is 1.62. The van der Waals surface area contributed by atoms with E-state index in [4.69, 9.17) is 9.84 Å². The molecular weight excluding hydrogens is 230 g/mol.